The first-order chi connectivity index (χ1) is 14.5. The van der Waals surface area contributed by atoms with Crippen LogP contribution in [-0.2, 0) is 11.2 Å². The Morgan fingerprint density at radius 2 is 1.87 bits per heavy atom. The lowest BCUT2D eigenvalue weighted by Gasteiger charge is -2.11. The maximum absolute atomic E-state index is 14.1. The molecular weight excluding hydrogens is 403 g/mol. The van der Waals surface area contributed by atoms with E-state index in [0.717, 1.165) is 5.56 Å². The Balaban J connectivity index is 1.93. The molecule has 3 rings (SSSR count). The molecule has 0 saturated carbocycles. The van der Waals surface area contributed by atoms with Gasteiger partial charge in [0.1, 0.15) is 23.2 Å². The zero-order valence-electron chi connectivity index (χ0n) is 16.2. The van der Waals surface area contributed by atoms with Gasteiger partial charge < -0.3 is 10.1 Å². The molecule has 1 N–H and O–H groups in total. The van der Waals surface area contributed by atoms with Crippen molar-refractivity contribution in [2.24, 2.45) is 0 Å². The maximum atomic E-state index is 14.1. The molecule has 0 atom stereocenters. The minimum absolute atomic E-state index is 0.0788. The quantitative estimate of drug-likeness (QED) is 0.415. The van der Waals surface area contributed by atoms with Crippen LogP contribution in [0.5, 0.6) is 5.75 Å². The Morgan fingerprint density at radius 3 is 2.53 bits per heavy atom. The van der Waals surface area contributed by atoms with E-state index in [4.69, 9.17) is 16.3 Å². The van der Waals surface area contributed by atoms with Crippen LogP contribution in [0.15, 0.2) is 72.3 Å². The summed E-state index contributed by atoms with van der Waals surface area (Å²) in [7, 11) is 1.54. The number of rotatable bonds is 6. The van der Waals surface area contributed by atoms with Gasteiger partial charge in [0.2, 0.25) is 0 Å². The highest BCUT2D eigenvalue weighted by molar-refractivity contribution is 6.30. The Morgan fingerprint density at radius 1 is 1.13 bits per heavy atom. The van der Waals surface area contributed by atoms with Crippen molar-refractivity contribution in [1.29, 1.82) is 5.26 Å². The average molecular weight is 421 g/mol. The van der Waals surface area contributed by atoms with E-state index in [1.54, 1.807) is 60.7 Å². The van der Waals surface area contributed by atoms with Crippen LogP contribution in [0.25, 0.3) is 6.08 Å². The molecule has 0 unspecified atom stereocenters. The Kier molecular flexibility index (Phi) is 6.84. The number of nitrogens with one attached hydrogen (secondary N) is 1. The molecule has 0 aliphatic heterocycles. The van der Waals surface area contributed by atoms with Crippen molar-refractivity contribution >= 4 is 29.3 Å². The summed E-state index contributed by atoms with van der Waals surface area (Å²) in [5.74, 6) is -0.272. The molecule has 3 aromatic rings. The third kappa shape index (κ3) is 5.25. The molecular formula is C24H18ClFN2O2. The highest BCUT2D eigenvalue weighted by Crippen LogP contribution is 2.24. The summed E-state index contributed by atoms with van der Waals surface area (Å²) in [4.78, 5) is 12.6. The first kappa shape index (κ1) is 21.1. The number of ether oxygens (including phenoxy) is 1. The lowest BCUT2D eigenvalue weighted by Crippen LogP contribution is -2.13. The van der Waals surface area contributed by atoms with Gasteiger partial charge in [-0.05, 0) is 65.2 Å². The molecule has 6 heteroatoms. The van der Waals surface area contributed by atoms with Crippen molar-refractivity contribution in [2.75, 3.05) is 12.4 Å². The van der Waals surface area contributed by atoms with Crippen LogP contribution in [0, 0.1) is 17.1 Å². The Labute approximate surface area is 179 Å². The van der Waals surface area contributed by atoms with Gasteiger partial charge in [0.25, 0.3) is 5.91 Å². The molecule has 0 aromatic heterocycles. The molecule has 150 valence electrons. The summed E-state index contributed by atoms with van der Waals surface area (Å²) in [5.41, 5.74) is 2.30. The molecule has 0 aliphatic carbocycles. The van der Waals surface area contributed by atoms with Crippen molar-refractivity contribution in [2.45, 2.75) is 6.42 Å². The molecule has 0 saturated heterocycles. The second-order valence-electron chi connectivity index (χ2n) is 6.46. The van der Waals surface area contributed by atoms with E-state index < -0.39 is 5.91 Å². The molecule has 0 fully saturated rings. The largest absolute Gasteiger partial charge is 0.497 e. The van der Waals surface area contributed by atoms with Gasteiger partial charge in [-0.1, -0.05) is 35.9 Å². The van der Waals surface area contributed by atoms with E-state index in [9.17, 15) is 14.4 Å². The van der Waals surface area contributed by atoms with Crippen LogP contribution in [0.3, 0.4) is 0 Å². The molecule has 1 amide bonds. The highest BCUT2D eigenvalue weighted by atomic mass is 35.5. The van der Waals surface area contributed by atoms with E-state index in [-0.39, 0.29) is 17.8 Å². The predicted octanol–water partition coefficient (Wildman–Crippen LogP) is 5.62. The summed E-state index contributed by atoms with van der Waals surface area (Å²) in [5, 5.41) is 12.7. The van der Waals surface area contributed by atoms with Gasteiger partial charge in [-0.3, -0.25) is 4.79 Å². The van der Waals surface area contributed by atoms with Crippen LogP contribution in [0.2, 0.25) is 5.02 Å². The summed E-state index contributed by atoms with van der Waals surface area (Å²) in [6.45, 7) is 0. The van der Waals surface area contributed by atoms with Crippen LogP contribution in [0.4, 0.5) is 10.1 Å². The Hall–Kier alpha value is -3.62. The minimum Gasteiger partial charge on any atom is -0.497 e. The molecule has 0 aliphatic rings. The smallest absolute Gasteiger partial charge is 0.266 e. The number of nitriles is 1. The van der Waals surface area contributed by atoms with E-state index in [1.165, 1.54) is 19.3 Å². The number of hydrogen-bond acceptors (Lipinski definition) is 3. The minimum atomic E-state index is -0.549. The summed E-state index contributed by atoms with van der Waals surface area (Å²) >= 11 is 5.85. The van der Waals surface area contributed by atoms with Gasteiger partial charge in [0.05, 0.1) is 7.11 Å². The zero-order valence-corrected chi connectivity index (χ0v) is 16.9. The van der Waals surface area contributed by atoms with Gasteiger partial charge >= 0.3 is 0 Å². The van der Waals surface area contributed by atoms with Crippen molar-refractivity contribution in [1.82, 2.24) is 0 Å². The van der Waals surface area contributed by atoms with Gasteiger partial charge in [-0.2, -0.15) is 5.26 Å². The zero-order chi connectivity index (χ0) is 21.5. The summed E-state index contributed by atoms with van der Waals surface area (Å²) < 4.78 is 19.4. The number of anilines is 1. The van der Waals surface area contributed by atoms with Crippen molar-refractivity contribution in [3.05, 3.63) is 99.8 Å². The summed E-state index contributed by atoms with van der Waals surface area (Å²) in [6.07, 6.45) is 1.77. The molecule has 30 heavy (non-hydrogen) atoms. The maximum Gasteiger partial charge on any atom is 0.266 e. The molecule has 0 bridgehead atoms. The first-order valence-electron chi connectivity index (χ1n) is 9.09. The molecule has 3 aromatic carbocycles. The SMILES string of the molecule is COc1ccc(/C=C(\C#N)C(=O)Nc2ccc(Cl)cc2)c(Cc2ccccc2F)c1. The normalized spacial score (nSPS) is 10.9. The predicted molar refractivity (Wildman–Crippen MR) is 116 cm³/mol. The van der Waals surface area contributed by atoms with E-state index in [2.05, 4.69) is 5.32 Å². The van der Waals surface area contributed by atoms with Crippen molar-refractivity contribution < 1.29 is 13.9 Å². The number of halogens is 2. The molecule has 4 nitrogen and oxygen atoms in total. The number of hydrogen-bond donors (Lipinski definition) is 1. The fourth-order valence-electron chi connectivity index (χ4n) is 2.89. The summed E-state index contributed by atoms with van der Waals surface area (Å²) in [6, 6.07) is 20.2. The fourth-order valence-corrected chi connectivity index (χ4v) is 3.01. The molecule has 0 heterocycles. The topological polar surface area (TPSA) is 62.1 Å². The van der Waals surface area contributed by atoms with E-state index >= 15 is 0 Å². The number of carbonyl (C=O) groups excluding carboxylic acids is 1. The molecule has 0 spiro atoms. The van der Waals surface area contributed by atoms with Crippen LogP contribution < -0.4 is 10.1 Å². The third-order valence-electron chi connectivity index (χ3n) is 4.46. The highest BCUT2D eigenvalue weighted by Gasteiger charge is 2.13. The lowest BCUT2D eigenvalue weighted by molar-refractivity contribution is -0.112. The fraction of sp³-hybridized carbons (Fsp3) is 0.0833. The monoisotopic (exact) mass is 420 g/mol. The van der Waals surface area contributed by atoms with Gasteiger partial charge in [-0.15, -0.1) is 0 Å². The van der Waals surface area contributed by atoms with E-state index in [1.807, 2.05) is 6.07 Å². The van der Waals surface area contributed by atoms with Crippen LogP contribution in [-0.4, -0.2) is 13.0 Å². The van der Waals surface area contributed by atoms with Crippen molar-refractivity contribution in [3.8, 4) is 11.8 Å². The van der Waals surface area contributed by atoms with E-state index in [0.29, 0.717) is 27.6 Å². The second-order valence-corrected chi connectivity index (χ2v) is 6.90. The number of nitrogens with zero attached hydrogens (tertiary/aromatic N) is 1. The van der Waals surface area contributed by atoms with Gasteiger partial charge in [0, 0.05) is 17.1 Å². The number of methoxy groups -OCH3 is 1. The Bertz CT molecular complexity index is 1130. The number of benzene rings is 3. The van der Waals surface area contributed by atoms with Crippen molar-refractivity contribution in [3.63, 3.8) is 0 Å². The molecule has 0 radical (unpaired) electrons. The second kappa shape index (κ2) is 9.73. The number of amides is 1. The van der Waals surface area contributed by atoms with Gasteiger partial charge in [-0.25, -0.2) is 4.39 Å². The standard InChI is InChI=1S/C24H18ClFN2O2/c1-30-22-11-6-16(18(14-22)13-17-4-2-3-5-23(17)26)12-19(15-27)24(29)28-21-9-7-20(25)8-10-21/h2-12,14H,13H2,1H3,(H,28,29)/b19-12+. The van der Waals surface area contributed by atoms with Gasteiger partial charge in [0.15, 0.2) is 0 Å². The number of carbonyl (C=O) groups is 1. The van der Waals surface area contributed by atoms with Crippen LogP contribution in [0.1, 0.15) is 16.7 Å². The third-order valence-corrected chi connectivity index (χ3v) is 4.71. The average Bonchev–Trinajstić information content (AvgIpc) is 2.75. The first-order valence-corrected chi connectivity index (χ1v) is 9.47. The van der Waals surface area contributed by atoms with Crippen LogP contribution >= 0.6 is 11.6 Å². The lowest BCUT2D eigenvalue weighted by atomic mass is 9.97.